The molecule has 2 rings (SSSR count). The lowest BCUT2D eigenvalue weighted by atomic mass is 10.2. The van der Waals surface area contributed by atoms with Gasteiger partial charge in [0.25, 0.3) is 0 Å². The lowest BCUT2D eigenvalue weighted by Gasteiger charge is -2.13. The molecule has 4 nitrogen and oxygen atoms in total. The van der Waals surface area contributed by atoms with E-state index in [1.54, 1.807) is 12.3 Å². The number of pyridine rings is 1. The first-order valence-electron chi connectivity index (χ1n) is 5.71. The van der Waals surface area contributed by atoms with E-state index in [2.05, 4.69) is 10.3 Å². The highest BCUT2D eigenvalue weighted by atomic mass is 35.5. The third-order valence-corrected chi connectivity index (χ3v) is 3.04. The smallest absolute Gasteiger partial charge is 0.150 e. The minimum absolute atomic E-state index is 0.335. The van der Waals surface area contributed by atoms with Crippen LogP contribution in [-0.4, -0.2) is 19.1 Å². The number of benzene rings is 1. The second-order valence-corrected chi connectivity index (χ2v) is 4.58. The molecule has 1 aromatic carbocycles. The summed E-state index contributed by atoms with van der Waals surface area (Å²) < 4.78 is 0. The second kappa shape index (κ2) is 5.59. The number of nitrogens with one attached hydrogen (secondary N) is 1. The molecule has 0 saturated carbocycles. The van der Waals surface area contributed by atoms with Crippen LogP contribution in [0.2, 0.25) is 5.02 Å². The van der Waals surface area contributed by atoms with Gasteiger partial charge in [-0.25, -0.2) is 4.98 Å². The highest BCUT2D eigenvalue weighted by Gasteiger charge is 2.07. The Labute approximate surface area is 117 Å². The summed E-state index contributed by atoms with van der Waals surface area (Å²) in [6, 6.07) is 11.5. The van der Waals surface area contributed by atoms with Crippen molar-refractivity contribution in [1.82, 2.24) is 4.98 Å². The van der Waals surface area contributed by atoms with Crippen LogP contribution in [0.25, 0.3) is 0 Å². The van der Waals surface area contributed by atoms with E-state index in [9.17, 15) is 0 Å². The van der Waals surface area contributed by atoms with Crippen LogP contribution in [0.1, 0.15) is 5.56 Å². The summed E-state index contributed by atoms with van der Waals surface area (Å²) in [5.74, 6) is 0.485. The average Bonchev–Trinajstić information content (AvgIpc) is 2.42. The first-order valence-corrected chi connectivity index (χ1v) is 6.08. The van der Waals surface area contributed by atoms with Crippen LogP contribution in [-0.2, 0) is 0 Å². The SMILES string of the molecule is CN(C)c1ccc(Nc2nccc(C#N)c2Cl)cc1. The van der Waals surface area contributed by atoms with Gasteiger partial charge in [0.15, 0.2) is 5.82 Å². The zero-order valence-corrected chi connectivity index (χ0v) is 11.4. The van der Waals surface area contributed by atoms with E-state index in [1.165, 1.54) is 0 Å². The van der Waals surface area contributed by atoms with Gasteiger partial charge in [-0.05, 0) is 30.3 Å². The average molecular weight is 273 g/mol. The summed E-state index contributed by atoms with van der Waals surface area (Å²) in [4.78, 5) is 6.15. The maximum atomic E-state index is 8.91. The van der Waals surface area contributed by atoms with Crippen LogP contribution < -0.4 is 10.2 Å². The summed E-state index contributed by atoms with van der Waals surface area (Å²) in [6.07, 6.45) is 1.56. The number of halogens is 1. The zero-order chi connectivity index (χ0) is 13.8. The van der Waals surface area contributed by atoms with Crippen molar-refractivity contribution in [2.45, 2.75) is 0 Å². The minimum Gasteiger partial charge on any atom is -0.378 e. The van der Waals surface area contributed by atoms with E-state index < -0.39 is 0 Å². The van der Waals surface area contributed by atoms with Gasteiger partial charge in [-0.2, -0.15) is 5.26 Å². The Bertz CT molecular complexity index is 614. The van der Waals surface area contributed by atoms with Crippen LogP contribution in [0.5, 0.6) is 0 Å². The van der Waals surface area contributed by atoms with Gasteiger partial charge in [0.2, 0.25) is 0 Å². The third kappa shape index (κ3) is 2.95. The number of hydrogen-bond acceptors (Lipinski definition) is 4. The van der Waals surface area contributed by atoms with Crippen molar-refractivity contribution >= 4 is 28.8 Å². The molecule has 1 aromatic heterocycles. The molecular weight excluding hydrogens is 260 g/mol. The van der Waals surface area contributed by atoms with Gasteiger partial charge in [-0.15, -0.1) is 0 Å². The molecule has 0 fully saturated rings. The molecule has 0 atom stereocenters. The summed E-state index contributed by atoms with van der Waals surface area (Å²) in [5, 5.41) is 12.3. The van der Waals surface area contributed by atoms with Crippen molar-refractivity contribution in [1.29, 1.82) is 5.26 Å². The normalized spacial score (nSPS) is 9.79. The van der Waals surface area contributed by atoms with Gasteiger partial charge in [0.1, 0.15) is 11.1 Å². The monoisotopic (exact) mass is 272 g/mol. The summed E-state index contributed by atoms with van der Waals surface area (Å²) in [6.45, 7) is 0. The lowest BCUT2D eigenvalue weighted by molar-refractivity contribution is 1.13. The lowest BCUT2D eigenvalue weighted by Crippen LogP contribution is -2.08. The van der Waals surface area contributed by atoms with E-state index in [0.717, 1.165) is 11.4 Å². The Morgan fingerprint density at radius 3 is 2.47 bits per heavy atom. The van der Waals surface area contributed by atoms with Crippen molar-refractivity contribution in [3.63, 3.8) is 0 Å². The Balaban J connectivity index is 2.24. The van der Waals surface area contributed by atoms with Crippen LogP contribution in [0.3, 0.4) is 0 Å². The highest BCUT2D eigenvalue weighted by Crippen LogP contribution is 2.26. The molecule has 0 unspecified atom stereocenters. The van der Waals surface area contributed by atoms with Crippen LogP contribution in [0, 0.1) is 11.3 Å². The molecule has 0 aliphatic heterocycles. The quantitative estimate of drug-likeness (QED) is 0.930. The fourth-order valence-electron chi connectivity index (χ4n) is 1.60. The van der Waals surface area contributed by atoms with Gasteiger partial charge in [0, 0.05) is 31.7 Å². The topological polar surface area (TPSA) is 52.0 Å². The van der Waals surface area contributed by atoms with Crippen molar-refractivity contribution in [3.8, 4) is 6.07 Å². The minimum atomic E-state index is 0.335. The molecular formula is C14H13ClN4. The molecule has 5 heteroatoms. The van der Waals surface area contributed by atoms with Gasteiger partial charge in [0.05, 0.1) is 5.56 Å². The van der Waals surface area contributed by atoms with Gasteiger partial charge in [-0.3, -0.25) is 0 Å². The molecule has 1 N–H and O–H groups in total. The van der Waals surface area contributed by atoms with Gasteiger partial charge >= 0.3 is 0 Å². The molecule has 0 aliphatic carbocycles. The number of nitrogens with zero attached hydrogens (tertiary/aromatic N) is 3. The molecule has 96 valence electrons. The number of aromatic nitrogens is 1. The van der Waals surface area contributed by atoms with Gasteiger partial charge in [-0.1, -0.05) is 11.6 Å². The molecule has 19 heavy (non-hydrogen) atoms. The Morgan fingerprint density at radius 2 is 1.89 bits per heavy atom. The number of hydrogen-bond donors (Lipinski definition) is 1. The molecule has 0 radical (unpaired) electrons. The van der Waals surface area contributed by atoms with Crippen LogP contribution in [0.4, 0.5) is 17.2 Å². The van der Waals surface area contributed by atoms with Gasteiger partial charge < -0.3 is 10.2 Å². The Hall–Kier alpha value is -2.25. The molecule has 0 aliphatic rings. The molecule has 1 heterocycles. The maximum Gasteiger partial charge on any atom is 0.150 e. The van der Waals surface area contributed by atoms with E-state index in [1.807, 2.05) is 49.3 Å². The molecule has 0 spiro atoms. The van der Waals surface area contributed by atoms with Crippen LogP contribution in [0.15, 0.2) is 36.5 Å². The molecule has 2 aromatic rings. The Kier molecular flexibility index (Phi) is 3.88. The maximum absolute atomic E-state index is 8.91. The summed E-state index contributed by atoms with van der Waals surface area (Å²) in [5.41, 5.74) is 2.38. The first kappa shape index (κ1) is 13.2. The van der Waals surface area contributed by atoms with E-state index >= 15 is 0 Å². The fraction of sp³-hybridized carbons (Fsp3) is 0.143. The highest BCUT2D eigenvalue weighted by molar-refractivity contribution is 6.34. The number of nitriles is 1. The van der Waals surface area contributed by atoms with E-state index in [0.29, 0.717) is 16.4 Å². The number of anilines is 3. The fourth-order valence-corrected chi connectivity index (χ4v) is 1.80. The Morgan fingerprint density at radius 1 is 1.21 bits per heavy atom. The van der Waals surface area contributed by atoms with Crippen LogP contribution >= 0.6 is 11.6 Å². The molecule has 0 saturated heterocycles. The predicted octanol–water partition coefficient (Wildman–Crippen LogP) is 3.42. The largest absolute Gasteiger partial charge is 0.378 e. The molecule has 0 amide bonds. The summed E-state index contributed by atoms with van der Waals surface area (Å²) >= 11 is 6.08. The van der Waals surface area contributed by atoms with Crippen molar-refractivity contribution in [2.24, 2.45) is 0 Å². The standard InChI is InChI=1S/C14H13ClN4/c1-19(2)12-5-3-11(4-6-12)18-14-13(15)10(9-16)7-8-17-14/h3-8H,1-2H3,(H,17,18). The van der Waals surface area contributed by atoms with Crippen molar-refractivity contribution < 1.29 is 0 Å². The zero-order valence-electron chi connectivity index (χ0n) is 10.7. The second-order valence-electron chi connectivity index (χ2n) is 4.20. The van der Waals surface area contributed by atoms with E-state index in [4.69, 9.17) is 16.9 Å². The molecule has 0 bridgehead atoms. The van der Waals surface area contributed by atoms with Crippen molar-refractivity contribution in [3.05, 3.63) is 47.1 Å². The number of rotatable bonds is 3. The predicted molar refractivity (Wildman–Crippen MR) is 78.0 cm³/mol. The summed E-state index contributed by atoms with van der Waals surface area (Å²) in [7, 11) is 3.97. The van der Waals surface area contributed by atoms with E-state index in [-0.39, 0.29) is 0 Å². The third-order valence-electron chi connectivity index (χ3n) is 2.66. The van der Waals surface area contributed by atoms with Crippen molar-refractivity contribution in [2.75, 3.05) is 24.3 Å². The first-order chi connectivity index (χ1) is 9.11.